The number of Topliss-reactive ketones (excluding diaryl/α,β-unsaturated/α-hetero) is 1. The van der Waals surface area contributed by atoms with Crippen LogP contribution in [0.2, 0.25) is 0 Å². The van der Waals surface area contributed by atoms with E-state index in [9.17, 15) is 30.0 Å². The number of hydrogen-bond acceptors (Lipinski definition) is 19. The highest BCUT2D eigenvalue weighted by Gasteiger charge is 2.54. The fourth-order valence-corrected chi connectivity index (χ4v) is 9.67. The van der Waals surface area contributed by atoms with E-state index in [1.165, 1.54) is 21.1 Å². The van der Waals surface area contributed by atoms with Crippen molar-refractivity contribution in [3.8, 4) is 0 Å². The van der Waals surface area contributed by atoms with E-state index in [4.69, 9.17) is 58.3 Å². The third-order valence-corrected chi connectivity index (χ3v) is 14.0. The number of aliphatic hydroxyl groups excluding tert-OH is 7. The second-order valence-corrected chi connectivity index (χ2v) is 19.2. The molecule has 4 aliphatic heterocycles. The summed E-state index contributed by atoms with van der Waals surface area (Å²) in [6.45, 7) is 16.6. The molecule has 0 radical (unpaired) electrons. The lowest BCUT2D eigenvalue weighted by Crippen LogP contribution is -2.61. The fraction of sp³-hybridized carbons (Fsp3) is 0.955. The maximum Gasteiger partial charge on any atom is 0.311 e. The maximum absolute atomic E-state index is 14.2. The molecule has 4 fully saturated rings. The molecule has 4 rings (SSSR count). The van der Waals surface area contributed by atoms with E-state index < -0.39 is 133 Å². The number of likely N-dealkylation sites (N-methyl/N-ethyl adjacent to an activating group) is 1. The largest absolute Gasteiger partial charge is 0.459 e. The number of carbonyl (C=O) groups excluding carboxylic acids is 2. The molecular formula is C44H81NO18. The van der Waals surface area contributed by atoms with Crippen molar-refractivity contribution in [3.05, 3.63) is 0 Å². The van der Waals surface area contributed by atoms with Crippen LogP contribution in [0.3, 0.4) is 0 Å². The molecule has 0 aromatic rings. The first kappa shape index (κ1) is 55.8. The lowest BCUT2D eigenvalue weighted by atomic mass is 9.74. The van der Waals surface area contributed by atoms with Crippen LogP contribution in [-0.4, -0.2) is 201 Å². The van der Waals surface area contributed by atoms with Crippen molar-refractivity contribution in [1.29, 1.82) is 0 Å². The van der Waals surface area contributed by atoms with Gasteiger partial charge < -0.3 is 83.6 Å². The van der Waals surface area contributed by atoms with Gasteiger partial charge in [-0.15, -0.1) is 0 Å². The Morgan fingerprint density at radius 2 is 1.38 bits per heavy atom. The Morgan fingerprint density at radius 1 is 0.778 bits per heavy atom. The van der Waals surface area contributed by atoms with Crippen molar-refractivity contribution in [2.75, 3.05) is 34.9 Å². The summed E-state index contributed by atoms with van der Waals surface area (Å²) in [5.41, 5.74) is -4.24. The predicted molar refractivity (Wildman–Crippen MR) is 226 cm³/mol. The number of esters is 1. The number of ether oxygens (including phenoxy) is 8. The first-order chi connectivity index (χ1) is 29.1. The summed E-state index contributed by atoms with van der Waals surface area (Å²) in [5, 5.41) is 81.2. The number of hydrogen-bond donors (Lipinski definition) is 8. The Hall–Kier alpha value is -1.50. The van der Waals surface area contributed by atoms with Gasteiger partial charge in [0.25, 0.3) is 0 Å². The Morgan fingerprint density at radius 3 is 1.92 bits per heavy atom. The van der Waals surface area contributed by atoms with Crippen molar-refractivity contribution in [2.45, 2.75) is 210 Å². The van der Waals surface area contributed by atoms with Crippen LogP contribution in [0, 0.1) is 23.7 Å². The highest BCUT2D eigenvalue weighted by Crippen LogP contribution is 2.42. The lowest BCUT2D eigenvalue weighted by Gasteiger charge is -2.50. The summed E-state index contributed by atoms with van der Waals surface area (Å²) in [7, 11) is 6.77. The van der Waals surface area contributed by atoms with Crippen molar-refractivity contribution in [2.24, 2.45) is 23.7 Å². The molecule has 0 saturated carbocycles. The minimum absolute atomic E-state index is 0.0162. The molecule has 19 nitrogen and oxygen atoms in total. The van der Waals surface area contributed by atoms with Crippen LogP contribution in [0.4, 0.5) is 0 Å². The molecule has 0 aromatic carbocycles. The van der Waals surface area contributed by atoms with Gasteiger partial charge in [-0.25, -0.2) is 0 Å². The molecule has 4 aliphatic rings. The Bertz CT molecular complexity index is 1440. The van der Waals surface area contributed by atoms with Gasteiger partial charge in [0.1, 0.15) is 41.9 Å². The third-order valence-electron chi connectivity index (χ3n) is 14.0. The fourth-order valence-electron chi connectivity index (χ4n) is 9.67. The molecule has 0 amide bonds. The van der Waals surface area contributed by atoms with Gasteiger partial charge in [0.15, 0.2) is 18.9 Å². The molecule has 0 spiro atoms. The molecule has 0 bridgehead atoms. The van der Waals surface area contributed by atoms with E-state index in [0.29, 0.717) is 6.42 Å². The van der Waals surface area contributed by atoms with Gasteiger partial charge >= 0.3 is 5.97 Å². The molecule has 0 unspecified atom stereocenters. The van der Waals surface area contributed by atoms with Gasteiger partial charge in [-0.3, -0.25) is 9.59 Å². The van der Waals surface area contributed by atoms with E-state index in [1.54, 1.807) is 48.5 Å². The van der Waals surface area contributed by atoms with Gasteiger partial charge in [-0.2, -0.15) is 0 Å². The summed E-state index contributed by atoms with van der Waals surface area (Å²) in [5.74, 6) is -4.47. The van der Waals surface area contributed by atoms with Crippen molar-refractivity contribution < 1.29 is 88.3 Å². The van der Waals surface area contributed by atoms with E-state index in [2.05, 4.69) is 0 Å². The van der Waals surface area contributed by atoms with Gasteiger partial charge in [-0.1, -0.05) is 27.7 Å². The highest BCUT2D eigenvalue weighted by molar-refractivity contribution is 5.83. The smallest absolute Gasteiger partial charge is 0.311 e. The first-order valence-corrected chi connectivity index (χ1v) is 22.3. The monoisotopic (exact) mass is 912 g/mol. The van der Waals surface area contributed by atoms with Crippen LogP contribution < -0.4 is 0 Å². The van der Waals surface area contributed by atoms with Crippen molar-refractivity contribution in [3.63, 3.8) is 0 Å². The van der Waals surface area contributed by atoms with Crippen LogP contribution in [0.1, 0.15) is 101 Å². The molecule has 4 heterocycles. The second-order valence-electron chi connectivity index (χ2n) is 19.2. The first-order valence-electron chi connectivity index (χ1n) is 22.3. The normalized spacial score (nSPS) is 48.5. The molecule has 19 heteroatoms. The van der Waals surface area contributed by atoms with E-state index in [0.717, 1.165) is 0 Å². The third kappa shape index (κ3) is 12.9. The number of aliphatic hydroxyl groups is 8. The number of ketones is 1. The summed E-state index contributed by atoms with van der Waals surface area (Å²) in [4.78, 5) is 30.1. The Labute approximate surface area is 373 Å². The molecule has 0 aromatic heterocycles. The molecule has 8 N–H and O–H groups in total. The zero-order valence-electron chi connectivity index (χ0n) is 39.8. The molecular weight excluding hydrogens is 830 g/mol. The van der Waals surface area contributed by atoms with E-state index in [1.807, 2.05) is 32.8 Å². The van der Waals surface area contributed by atoms with Crippen LogP contribution in [0.25, 0.3) is 0 Å². The predicted octanol–water partition coefficient (Wildman–Crippen LogP) is 0.248. The van der Waals surface area contributed by atoms with Crippen LogP contribution in [0.5, 0.6) is 0 Å². The van der Waals surface area contributed by atoms with Gasteiger partial charge in [0.2, 0.25) is 0 Å². The zero-order valence-corrected chi connectivity index (χ0v) is 39.8. The zero-order chi connectivity index (χ0) is 48.1. The minimum Gasteiger partial charge on any atom is -0.459 e. The van der Waals surface area contributed by atoms with Crippen LogP contribution in [-0.2, 0) is 47.5 Å². The summed E-state index contributed by atoms with van der Waals surface area (Å²) in [6.07, 6.45) is -12.8. The van der Waals surface area contributed by atoms with Crippen LogP contribution >= 0.6 is 0 Å². The maximum atomic E-state index is 14.2. The summed E-state index contributed by atoms with van der Waals surface area (Å²) in [6, 6.07) is -0.283. The minimum atomic E-state index is -1.96. The Balaban J connectivity index is 0.000000832. The van der Waals surface area contributed by atoms with Crippen molar-refractivity contribution in [1.82, 2.24) is 4.90 Å². The number of carbonyl (C=O) groups is 2. The molecule has 63 heavy (non-hydrogen) atoms. The summed E-state index contributed by atoms with van der Waals surface area (Å²) < 4.78 is 48.6. The van der Waals surface area contributed by atoms with E-state index in [-0.39, 0.29) is 43.6 Å². The van der Waals surface area contributed by atoms with Gasteiger partial charge in [0.05, 0.1) is 60.4 Å². The lowest BCUT2D eigenvalue weighted by molar-refractivity contribution is -0.319. The number of rotatable bonds is 9. The molecule has 370 valence electrons. The standard InChI is InChI=1S/C38H69NO13.C6H12O5/c1-15-26-38(10,45)31(42)21(4)28(40)19(2)17-37(9,47-14)33(52-35-29(41)25(39(11)12)16-20(3)48-35)22(5)30(23(6)34(44)50-26)51-27-18-36(8,46-13)32(43)24(7)49-27;7-2-4-6(10)3(8)1-5(9)11-4/h19-27,29-33,35,41-43,45H,15-18H2,1-14H3;3-10H,1-2H2/t19-,20-,21+,22+,23-,24+,25+,26-,27+,29-,30+,31-,32+,33-,35+,36-,37-,38-;3-,4-,5+,6+/m11/s1. The topological polar surface area (TPSA) is 273 Å². The quantitative estimate of drug-likeness (QED) is 0.144. The molecule has 22 atom stereocenters. The average Bonchev–Trinajstić information content (AvgIpc) is 3.23. The van der Waals surface area contributed by atoms with Gasteiger partial charge in [-0.05, 0) is 74.9 Å². The SMILES string of the molecule is CC[C@H]1OC(=O)[C@H](C)[C@@H](O[C@H]2C[C@@](C)(OC)[C@@H](O)[C@H](C)O2)[C@H](C)[C@@H](O[C@@H]2O[C@H](C)C[C@H](N(C)C)[C@H]2O)[C@](C)(OC)C[C@@H](C)C(=O)[C@H](C)[C@@H](O)[C@]1(C)O.OC[C@H]1O[C@H](O)C[C@@H](O)[C@@H]1O. The number of cyclic esters (lactones) is 1. The van der Waals surface area contributed by atoms with Gasteiger partial charge in [0, 0.05) is 50.9 Å². The second kappa shape index (κ2) is 23.0. The number of nitrogens with zero attached hydrogens (tertiary/aromatic N) is 1. The average molecular weight is 912 g/mol. The van der Waals surface area contributed by atoms with Crippen LogP contribution in [0.15, 0.2) is 0 Å². The number of methoxy groups -OCH3 is 2. The molecule has 4 saturated heterocycles. The highest BCUT2D eigenvalue weighted by atomic mass is 16.7. The summed E-state index contributed by atoms with van der Waals surface area (Å²) >= 11 is 0. The van der Waals surface area contributed by atoms with Crippen molar-refractivity contribution >= 4 is 11.8 Å². The van der Waals surface area contributed by atoms with E-state index >= 15 is 0 Å². The Kier molecular flexibility index (Phi) is 20.4. The molecule has 0 aliphatic carbocycles.